The number of rotatable bonds is 5. The number of benzene rings is 1. The molecule has 1 heterocycles. The van der Waals surface area contributed by atoms with E-state index in [1.165, 1.54) is 0 Å². The van der Waals surface area contributed by atoms with Crippen molar-refractivity contribution in [2.24, 2.45) is 0 Å². The number of carbonyl (C=O) groups excluding carboxylic acids is 1. The molecule has 0 fully saturated rings. The van der Waals surface area contributed by atoms with Crippen molar-refractivity contribution in [3.8, 4) is 0 Å². The summed E-state index contributed by atoms with van der Waals surface area (Å²) in [6.45, 7) is 4.49. The number of amides is 1. The number of alkyl halides is 1. The van der Waals surface area contributed by atoms with E-state index in [1.54, 1.807) is 10.7 Å². The Labute approximate surface area is 123 Å². The third kappa shape index (κ3) is 3.20. The van der Waals surface area contributed by atoms with Crippen molar-refractivity contribution in [1.82, 2.24) is 15.1 Å². The van der Waals surface area contributed by atoms with Gasteiger partial charge < -0.3 is 5.32 Å². The molecule has 0 saturated carbocycles. The number of nitrogens with one attached hydrogen (secondary N) is 1. The van der Waals surface area contributed by atoms with E-state index in [-0.39, 0.29) is 11.9 Å². The summed E-state index contributed by atoms with van der Waals surface area (Å²) in [5.74, 6) is 0.177. The second-order valence-corrected chi connectivity index (χ2v) is 4.89. The first-order valence-electron chi connectivity index (χ1n) is 6.62. The van der Waals surface area contributed by atoms with Crippen molar-refractivity contribution in [1.29, 1.82) is 0 Å². The minimum Gasteiger partial charge on any atom is -0.343 e. The third-order valence-corrected chi connectivity index (χ3v) is 3.40. The predicted octanol–water partition coefficient (Wildman–Crippen LogP) is 2.92. The van der Waals surface area contributed by atoms with Crippen molar-refractivity contribution in [2.45, 2.75) is 26.4 Å². The van der Waals surface area contributed by atoms with Crippen LogP contribution in [0.25, 0.3) is 0 Å². The maximum Gasteiger partial charge on any atom is 0.270 e. The van der Waals surface area contributed by atoms with Gasteiger partial charge in [-0.05, 0) is 25.5 Å². The number of aryl methyl sites for hydroxylation is 2. The van der Waals surface area contributed by atoms with Crippen LogP contribution < -0.4 is 5.32 Å². The van der Waals surface area contributed by atoms with Crippen LogP contribution >= 0.6 is 11.6 Å². The molecule has 1 unspecified atom stereocenters. The van der Waals surface area contributed by atoms with Gasteiger partial charge in [-0.15, -0.1) is 11.6 Å². The Morgan fingerprint density at radius 3 is 2.70 bits per heavy atom. The fraction of sp³-hybridized carbons (Fsp3) is 0.333. The highest BCUT2D eigenvalue weighted by Crippen LogP contribution is 2.15. The molecular formula is C15H18ClN3O. The van der Waals surface area contributed by atoms with Gasteiger partial charge in [-0.1, -0.05) is 30.3 Å². The summed E-state index contributed by atoms with van der Waals surface area (Å²) < 4.78 is 1.70. The quantitative estimate of drug-likeness (QED) is 0.861. The minimum absolute atomic E-state index is 0.151. The molecule has 2 rings (SSSR count). The van der Waals surface area contributed by atoms with Crippen LogP contribution in [0.4, 0.5) is 0 Å². The van der Waals surface area contributed by atoms with Crippen molar-refractivity contribution >= 4 is 17.5 Å². The van der Waals surface area contributed by atoms with Crippen LogP contribution in [0, 0.1) is 6.92 Å². The van der Waals surface area contributed by atoms with Gasteiger partial charge in [-0.25, -0.2) is 0 Å². The lowest BCUT2D eigenvalue weighted by molar-refractivity contribution is 0.0929. The molecule has 0 saturated heterocycles. The van der Waals surface area contributed by atoms with E-state index in [9.17, 15) is 4.79 Å². The highest BCUT2D eigenvalue weighted by molar-refractivity contribution is 6.18. The molecule has 4 nitrogen and oxygen atoms in total. The molecule has 20 heavy (non-hydrogen) atoms. The summed E-state index contributed by atoms with van der Waals surface area (Å²) in [5, 5.41) is 7.23. The summed E-state index contributed by atoms with van der Waals surface area (Å²) in [5.41, 5.74) is 2.39. The number of hydrogen-bond donors (Lipinski definition) is 1. The maximum absolute atomic E-state index is 12.3. The molecule has 0 aliphatic rings. The summed E-state index contributed by atoms with van der Waals surface area (Å²) in [6.07, 6.45) is 0. The minimum atomic E-state index is -0.203. The van der Waals surface area contributed by atoms with Crippen LogP contribution in [-0.2, 0) is 6.54 Å². The summed E-state index contributed by atoms with van der Waals surface area (Å²) >= 11 is 5.98. The van der Waals surface area contributed by atoms with Crippen molar-refractivity contribution in [3.05, 3.63) is 53.3 Å². The van der Waals surface area contributed by atoms with Gasteiger partial charge in [0.2, 0.25) is 0 Å². The molecule has 106 valence electrons. The number of carbonyl (C=O) groups is 1. The second-order valence-electron chi connectivity index (χ2n) is 4.58. The fourth-order valence-corrected chi connectivity index (χ4v) is 2.35. The number of hydrogen-bond acceptors (Lipinski definition) is 2. The van der Waals surface area contributed by atoms with Crippen molar-refractivity contribution in [3.63, 3.8) is 0 Å². The second kappa shape index (κ2) is 6.57. The average molecular weight is 292 g/mol. The predicted molar refractivity (Wildman–Crippen MR) is 80.0 cm³/mol. The van der Waals surface area contributed by atoms with E-state index in [0.717, 1.165) is 11.3 Å². The highest BCUT2D eigenvalue weighted by Gasteiger charge is 2.18. The molecule has 0 aliphatic carbocycles. The van der Waals surface area contributed by atoms with E-state index >= 15 is 0 Å². The van der Waals surface area contributed by atoms with Crippen LogP contribution in [0.1, 0.15) is 34.7 Å². The molecule has 1 atom stereocenters. The van der Waals surface area contributed by atoms with Crippen LogP contribution in [0.2, 0.25) is 0 Å². The standard InChI is InChI=1S/C15H18ClN3O/c1-3-19-14(9-11(2)18-19)15(20)17-13(10-16)12-7-5-4-6-8-12/h4-9,13H,3,10H2,1-2H3,(H,17,20). The largest absolute Gasteiger partial charge is 0.343 e. The topological polar surface area (TPSA) is 46.9 Å². The highest BCUT2D eigenvalue weighted by atomic mass is 35.5. The fourth-order valence-electron chi connectivity index (χ4n) is 2.10. The molecule has 1 amide bonds. The lowest BCUT2D eigenvalue weighted by Gasteiger charge is -2.16. The molecule has 0 spiro atoms. The number of nitrogens with zero attached hydrogens (tertiary/aromatic N) is 2. The Balaban J connectivity index is 2.17. The van der Waals surface area contributed by atoms with Gasteiger partial charge in [0, 0.05) is 12.4 Å². The maximum atomic E-state index is 12.3. The van der Waals surface area contributed by atoms with Gasteiger partial charge in [0.1, 0.15) is 5.69 Å². The first-order valence-corrected chi connectivity index (χ1v) is 7.15. The Bertz CT molecular complexity index is 580. The van der Waals surface area contributed by atoms with Crippen LogP contribution in [0.5, 0.6) is 0 Å². The van der Waals surface area contributed by atoms with Gasteiger partial charge in [0.05, 0.1) is 11.7 Å². The normalized spacial score (nSPS) is 12.2. The molecule has 2 aromatic rings. The number of aromatic nitrogens is 2. The lowest BCUT2D eigenvalue weighted by Crippen LogP contribution is -2.31. The molecule has 5 heteroatoms. The smallest absolute Gasteiger partial charge is 0.270 e. The Kier molecular flexibility index (Phi) is 4.79. The average Bonchev–Trinajstić information content (AvgIpc) is 2.86. The molecule has 1 aromatic carbocycles. The lowest BCUT2D eigenvalue weighted by atomic mass is 10.1. The summed E-state index contributed by atoms with van der Waals surface area (Å²) in [4.78, 5) is 12.3. The van der Waals surface area contributed by atoms with Crippen molar-refractivity contribution < 1.29 is 4.79 Å². The van der Waals surface area contributed by atoms with Crippen LogP contribution in [0.15, 0.2) is 36.4 Å². The van der Waals surface area contributed by atoms with Gasteiger partial charge in [-0.2, -0.15) is 5.10 Å². The summed E-state index contributed by atoms with van der Waals surface area (Å²) in [6, 6.07) is 11.3. The van der Waals surface area contributed by atoms with Gasteiger partial charge >= 0.3 is 0 Å². The molecule has 0 aliphatic heterocycles. The zero-order chi connectivity index (χ0) is 14.5. The van der Waals surface area contributed by atoms with Gasteiger partial charge in [-0.3, -0.25) is 9.48 Å². The van der Waals surface area contributed by atoms with Gasteiger partial charge in [0.15, 0.2) is 0 Å². The van der Waals surface area contributed by atoms with Crippen LogP contribution in [-0.4, -0.2) is 21.6 Å². The first kappa shape index (κ1) is 14.6. The van der Waals surface area contributed by atoms with E-state index in [1.807, 2.05) is 44.2 Å². The third-order valence-electron chi connectivity index (χ3n) is 3.10. The molecule has 0 bridgehead atoms. The monoisotopic (exact) mass is 291 g/mol. The zero-order valence-corrected chi connectivity index (χ0v) is 12.4. The molecule has 0 radical (unpaired) electrons. The number of halogens is 1. The van der Waals surface area contributed by atoms with E-state index < -0.39 is 0 Å². The van der Waals surface area contributed by atoms with Crippen LogP contribution in [0.3, 0.4) is 0 Å². The van der Waals surface area contributed by atoms with E-state index in [2.05, 4.69) is 10.4 Å². The van der Waals surface area contributed by atoms with Gasteiger partial charge in [0.25, 0.3) is 5.91 Å². The Morgan fingerprint density at radius 1 is 1.40 bits per heavy atom. The Hall–Kier alpha value is -1.81. The van der Waals surface area contributed by atoms with E-state index in [0.29, 0.717) is 18.1 Å². The molecule has 1 N–H and O–H groups in total. The summed E-state index contributed by atoms with van der Waals surface area (Å²) in [7, 11) is 0. The molecule has 1 aromatic heterocycles. The Morgan fingerprint density at radius 2 is 2.10 bits per heavy atom. The SMILES string of the molecule is CCn1nc(C)cc1C(=O)NC(CCl)c1ccccc1. The molecular weight excluding hydrogens is 274 g/mol. The van der Waals surface area contributed by atoms with Crippen molar-refractivity contribution in [2.75, 3.05) is 5.88 Å². The first-order chi connectivity index (χ1) is 9.65. The zero-order valence-electron chi connectivity index (χ0n) is 11.6. The van der Waals surface area contributed by atoms with E-state index in [4.69, 9.17) is 11.6 Å².